The average Bonchev–Trinajstić information content (AvgIpc) is 3.08. The lowest BCUT2D eigenvalue weighted by Crippen LogP contribution is -2.47. The molecule has 0 radical (unpaired) electrons. The fourth-order valence-corrected chi connectivity index (χ4v) is 3.07. The molecule has 2 aromatic rings. The first kappa shape index (κ1) is 17.7. The minimum Gasteiger partial charge on any atom is -0.507 e. The van der Waals surface area contributed by atoms with Crippen molar-refractivity contribution < 1.29 is 14.7 Å². The van der Waals surface area contributed by atoms with Crippen LogP contribution in [0.15, 0.2) is 30.3 Å². The summed E-state index contributed by atoms with van der Waals surface area (Å²) in [5.41, 5.74) is 7.04. The summed E-state index contributed by atoms with van der Waals surface area (Å²) in [5.74, 6) is -0.491. The zero-order valence-electron chi connectivity index (χ0n) is 14.7. The molecule has 0 saturated carbocycles. The van der Waals surface area contributed by atoms with Crippen LogP contribution in [0.25, 0.3) is 0 Å². The van der Waals surface area contributed by atoms with Gasteiger partial charge in [0.25, 0.3) is 11.8 Å². The number of hydrogen-bond acceptors (Lipinski definition) is 6. The van der Waals surface area contributed by atoms with Crippen molar-refractivity contribution in [1.29, 1.82) is 0 Å². The molecule has 2 amide bonds. The zero-order valence-corrected chi connectivity index (χ0v) is 14.7. The van der Waals surface area contributed by atoms with E-state index in [0.29, 0.717) is 18.9 Å². The highest BCUT2D eigenvalue weighted by molar-refractivity contribution is 6.00. The Kier molecular flexibility index (Phi) is 5.01. The highest BCUT2D eigenvalue weighted by Gasteiger charge is 2.35. The van der Waals surface area contributed by atoms with E-state index in [-0.39, 0.29) is 23.1 Å². The predicted molar refractivity (Wildman–Crippen MR) is 95.4 cm³/mol. The molecular weight excluding hydrogens is 334 g/mol. The molecule has 26 heavy (non-hydrogen) atoms. The van der Waals surface area contributed by atoms with Crippen LogP contribution in [0.2, 0.25) is 0 Å². The maximum absolute atomic E-state index is 12.7. The molecule has 8 heteroatoms. The smallest absolute Gasteiger partial charge is 0.261 e. The summed E-state index contributed by atoms with van der Waals surface area (Å²) < 4.78 is 0. The molecule has 3 N–H and O–H groups in total. The third kappa shape index (κ3) is 3.74. The molecule has 2 heterocycles. The number of carbonyl (C=O) groups is 2. The number of aromatic nitrogens is 2. The lowest BCUT2D eigenvalue weighted by atomic mass is 10.1. The van der Waals surface area contributed by atoms with Gasteiger partial charge in [-0.15, -0.1) is 0 Å². The molecule has 1 saturated heterocycles. The van der Waals surface area contributed by atoms with Crippen molar-refractivity contribution in [2.45, 2.75) is 32.7 Å². The summed E-state index contributed by atoms with van der Waals surface area (Å²) in [6.07, 6.45) is 1.28. The summed E-state index contributed by atoms with van der Waals surface area (Å²) in [6.45, 7) is 4.14. The van der Waals surface area contributed by atoms with E-state index in [1.54, 1.807) is 18.2 Å². The molecule has 1 aromatic carbocycles. The number of phenolic OH excluding ortho intramolecular Hbond substituents is 1. The minimum atomic E-state index is -0.611. The Balaban J connectivity index is 1.68. The molecule has 1 aliphatic heterocycles. The molecule has 3 rings (SSSR count). The van der Waals surface area contributed by atoms with Gasteiger partial charge in [-0.1, -0.05) is 12.1 Å². The number of carbonyl (C=O) groups excluding carboxylic acids is 2. The number of para-hydroxylation sites is 1. The van der Waals surface area contributed by atoms with Crippen LogP contribution in [-0.2, 0) is 4.79 Å². The Morgan fingerprint density at radius 1 is 1.19 bits per heavy atom. The largest absolute Gasteiger partial charge is 0.507 e. The molecular formula is C18H21N5O3. The van der Waals surface area contributed by atoms with Crippen LogP contribution in [0.3, 0.4) is 0 Å². The first-order valence-electron chi connectivity index (χ1n) is 8.43. The maximum Gasteiger partial charge on any atom is 0.261 e. The van der Waals surface area contributed by atoms with Crippen LogP contribution in [0.5, 0.6) is 5.75 Å². The van der Waals surface area contributed by atoms with Gasteiger partial charge in [-0.2, -0.15) is 0 Å². The second-order valence-corrected chi connectivity index (χ2v) is 6.26. The van der Waals surface area contributed by atoms with Gasteiger partial charge >= 0.3 is 0 Å². The number of aromatic hydroxyl groups is 1. The van der Waals surface area contributed by atoms with E-state index in [2.05, 4.69) is 20.8 Å². The van der Waals surface area contributed by atoms with Gasteiger partial charge in [-0.05, 0) is 44.9 Å². The standard InChI is InChI=1S/C18H21N5O3/c1-11-10-12(2)20-18(19-11)22-21-16(25)14-7-5-9-23(14)17(26)13-6-3-4-8-15(13)24/h3-4,6,8,10,14,24H,5,7,9H2,1-2H3,(H,21,25)(H,19,20,22). The zero-order chi connectivity index (χ0) is 18.7. The van der Waals surface area contributed by atoms with Crippen molar-refractivity contribution in [3.05, 3.63) is 47.3 Å². The van der Waals surface area contributed by atoms with Crippen molar-refractivity contribution in [2.75, 3.05) is 12.0 Å². The summed E-state index contributed by atoms with van der Waals surface area (Å²) in [7, 11) is 0. The third-order valence-corrected chi connectivity index (χ3v) is 4.23. The van der Waals surface area contributed by atoms with Crippen molar-refractivity contribution in [3.63, 3.8) is 0 Å². The Labute approximate surface area is 151 Å². The number of nitrogens with zero attached hydrogens (tertiary/aromatic N) is 3. The normalized spacial score (nSPS) is 16.4. The lowest BCUT2D eigenvalue weighted by molar-refractivity contribution is -0.124. The fourth-order valence-electron chi connectivity index (χ4n) is 3.07. The van der Waals surface area contributed by atoms with Crippen LogP contribution < -0.4 is 10.9 Å². The lowest BCUT2D eigenvalue weighted by Gasteiger charge is -2.24. The van der Waals surface area contributed by atoms with E-state index in [1.165, 1.54) is 11.0 Å². The molecule has 1 unspecified atom stereocenters. The van der Waals surface area contributed by atoms with Crippen molar-refractivity contribution in [2.24, 2.45) is 0 Å². The van der Waals surface area contributed by atoms with Gasteiger partial charge in [-0.25, -0.2) is 9.97 Å². The van der Waals surface area contributed by atoms with Crippen LogP contribution in [0, 0.1) is 13.8 Å². The molecule has 1 fully saturated rings. The number of aryl methyl sites for hydroxylation is 2. The molecule has 0 bridgehead atoms. The van der Waals surface area contributed by atoms with E-state index in [9.17, 15) is 14.7 Å². The summed E-state index contributed by atoms with van der Waals surface area (Å²) >= 11 is 0. The number of nitrogens with one attached hydrogen (secondary N) is 2. The van der Waals surface area contributed by atoms with Gasteiger partial charge in [0.15, 0.2) is 0 Å². The Morgan fingerprint density at radius 2 is 1.88 bits per heavy atom. The van der Waals surface area contributed by atoms with E-state index in [4.69, 9.17) is 0 Å². The number of likely N-dealkylation sites (tertiary alicyclic amines) is 1. The van der Waals surface area contributed by atoms with E-state index < -0.39 is 6.04 Å². The number of hydrogen-bond donors (Lipinski definition) is 3. The van der Waals surface area contributed by atoms with Gasteiger partial charge in [0, 0.05) is 17.9 Å². The summed E-state index contributed by atoms with van der Waals surface area (Å²) in [4.78, 5) is 35.1. The molecule has 1 atom stereocenters. The molecule has 0 spiro atoms. The second-order valence-electron chi connectivity index (χ2n) is 6.26. The monoisotopic (exact) mass is 355 g/mol. The minimum absolute atomic E-state index is 0.0923. The van der Waals surface area contributed by atoms with Crippen molar-refractivity contribution >= 4 is 17.8 Å². The maximum atomic E-state index is 12.7. The van der Waals surface area contributed by atoms with E-state index in [0.717, 1.165) is 17.8 Å². The molecule has 1 aliphatic rings. The first-order valence-corrected chi connectivity index (χ1v) is 8.43. The molecule has 0 aliphatic carbocycles. The summed E-state index contributed by atoms with van der Waals surface area (Å²) in [6, 6.07) is 7.55. The van der Waals surface area contributed by atoms with E-state index in [1.807, 2.05) is 19.9 Å². The SMILES string of the molecule is Cc1cc(C)nc(NNC(=O)C2CCCN2C(=O)c2ccccc2O)n1. The Morgan fingerprint density at radius 3 is 2.58 bits per heavy atom. The topological polar surface area (TPSA) is 107 Å². The Bertz CT molecular complexity index is 819. The second kappa shape index (κ2) is 7.38. The van der Waals surface area contributed by atoms with Gasteiger partial charge < -0.3 is 10.0 Å². The van der Waals surface area contributed by atoms with Gasteiger partial charge in [0.2, 0.25) is 5.95 Å². The highest BCUT2D eigenvalue weighted by Crippen LogP contribution is 2.24. The van der Waals surface area contributed by atoms with E-state index >= 15 is 0 Å². The summed E-state index contributed by atoms with van der Waals surface area (Å²) in [5, 5.41) is 9.89. The average molecular weight is 355 g/mol. The van der Waals surface area contributed by atoms with Gasteiger partial charge in [0.05, 0.1) is 5.56 Å². The van der Waals surface area contributed by atoms with Crippen LogP contribution in [0.4, 0.5) is 5.95 Å². The number of benzene rings is 1. The van der Waals surface area contributed by atoms with Crippen LogP contribution >= 0.6 is 0 Å². The van der Waals surface area contributed by atoms with Crippen LogP contribution in [-0.4, -0.2) is 44.4 Å². The molecule has 8 nitrogen and oxygen atoms in total. The number of phenols is 1. The van der Waals surface area contributed by atoms with Crippen molar-refractivity contribution in [3.8, 4) is 5.75 Å². The number of hydrazine groups is 1. The highest BCUT2D eigenvalue weighted by atomic mass is 16.3. The van der Waals surface area contributed by atoms with Crippen LogP contribution in [0.1, 0.15) is 34.6 Å². The fraction of sp³-hybridized carbons (Fsp3) is 0.333. The van der Waals surface area contributed by atoms with Gasteiger partial charge in [0.1, 0.15) is 11.8 Å². The molecule has 1 aromatic heterocycles. The van der Waals surface area contributed by atoms with Crippen molar-refractivity contribution in [1.82, 2.24) is 20.3 Å². The quantitative estimate of drug-likeness (QED) is 0.718. The Hall–Kier alpha value is -3.16. The third-order valence-electron chi connectivity index (χ3n) is 4.23. The number of anilines is 1. The number of amides is 2. The molecule has 136 valence electrons. The first-order chi connectivity index (χ1) is 12.5. The number of rotatable bonds is 4. The predicted octanol–water partition coefficient (Wildman–Crippen LogP) is 1.55. The van der Waals surface area contributed by atoms with Gasteiger partial charge in [-0.3, -0.25) is 20.4 Å².